The highest BCUT2D eigenvalue weighted by molar-refractivity contribution is 7.91. The Kier molecular flexibility index (Phi) is 10.2. The van der Waals surface area contributed by atoms with Gasteiger partial charge in [0.15, 0.2) is 5.69 Å². The van der Waals surface area contributed by atoms with E-state index >= 15 is 0 Å². The van der Waals surface area contributed by atoms with E-state index in [0.29, 0.717) is 37.8 Å². The predicted octanol–water partition coefficient (Wildman–Crippen LogP) is 6.04. The van der Waals surface area contributed by atoms with E-state index in [9.17, 15) is 35.2 Å². The minimum Gasteiger partial charge on any atom is -0.434 e. The van der Waals surface area contributed by atoms with Gasteiger partial charge in [-0.1, -0.05) is 17.7 Å². The normalized spacial score (nSPS) is 18.4. The molecule has 0 radical (unpaired) electrons. The summed E-state index contributed by atoms with van der Waals surface area (Å²) in [5.74, 6) is -0.770. The number of amides is 1. The van der Waals surface area contributed by atoms with Gasteiger partial charge in [-0.25, -0.2) is 8.42 Å². The summed E-state index contributed by atoms with van der Waals surface area (Å²) in [6.07, 6.45) is -2.00. The first-order valence-electron chi connectivity index (χ1n) is 12.6. The first kappa shape index (κ1) is 31.1. The van der Waals surface area contributed by atoms with Crippen LogP contribution in [0, 0.1) is 5.92 Å². The van der Waals surface area contributed by atoms with Gasteiger partial charge in [-0.3, -0.25) is 9.48 Å². The van der Waals surface area contributed by atoms with Crippen LogP contribution in [0.1, 0.15) is 61.5 Å². The topological polar surface area (TPSA) is 90.3 Å². The van der Waals surface area contributed by atoms with Crippen LogP contribution in [0.2, 0.25) is 5.02 Å². The standard InChI is InChI=1S/C25H31ClF5N3O4S/c1-3-34-22(18-11-8-15(5-4-12-25(29,30)31)13-19(18)38-24(27)28)20(26)21(33-34)23(35)32-14-16-6-9-17(10-7-16)39(2,36)37/h8,11,13,16-17,24H,3-7,9-10,12,14H2,1-2H3,(H,32,35). The van der Waals surface area contributed by atoms with Gasteiger partial charge in [-0.15, -0.1) is 0 Å². The first-order chi connectivity index (χ1) is 18.2. The Morgan fingerprint density at radius 2 is 1.90 bits per heavy atom. The monoisotopic (exact) mass is 599 g/mol. The van der Waals surface area contributed by atoms with E-state index < -0.39 is 35.0 Å². The van der Waals surface area contributed by atoms with Crippen molar-refractivity contribution < 1.29 is 39.9 Å². The maximum atomic E-state index is 13.2. The summed E-state index contributed by atoms with van der Waals surface area (Å²) in [5.41, 5.74) is 0.541. The summed E-state index contributed by atoms with van der Waals surface area (Å²) in [4.78, 5) is 13.0. The molecule has 0 unspecified atom stereocenters. The molecule has 1 fully saturated rings. The third-order valence-corrected chi connectivity index (χ3v) is 8.84. The number of hydrogen-bond donors (Lipinski definition) is 1. The van der Waals surface area contributed by atoms with E-state index in [1.54, 1.807) is 6.92 Å². The van der Waals surface area contributed by atoms with Crippen molar-refractivity contribution in [2.24, 2.45) is 5.92 Å². The van der Waals surface area contributed by atoms with Crippen LogP contribution in [0.15, 0.2) is 18.2 Å². The van der Waals surface area contributed by atoms with E-state index in [4.69, 9.17) is 11.6 Å². The van der Waals surface area contributed by atoms with Crippen molar-refractivity contribution in [2.45, 2.75) is 76.5 Å². The number of nitrogens with one attached hydrogen (secondary N) is 1. The van der Waals surface area contributed by atoms with Crippen molar-refractivity contribution in [1.82, 2.24) is 15.1 Å². The number of ether oxygens (including phenoxy) is 1. The second-order valence-electron chi connectivity index (χ2n) is 9.69. The quantitative estimate of drug-likeness (QED) is 0.318. The fourth-order valence-corrected chi connectivity index (χ4v) is 6.21. The van der Waals surface area contributed by atoms with Crippen LogP contribution in [0.5, 0.6) is 5.75 Å². The van der Waals surface area contributed by atoms with Gasteiger partial charge >= 0.3 is 12.8 Å². The van der Waals surface area contributed by atoms with E-state index in [-0.39, 0.29) is 58.3 Å². The molecule has 0 spiro atoms. The Morgan fingerprint density at radius 1 is 1.23 bits per heavy atom. The summed E-state index contributed by atoms with van der Waals surface area (Å²) in [6.45, 7) is -0.953. The molecule has 1 aliphatic rings. The van der Waals surface area contributed by atoms with Crippen molar-refractivity contribution in [3.05, 3.63) is 34.5 Å². The molecule has 39 heavy (non-hydrogen) atoms. The lowest BCUT2D eigenvalue weighted by Gasteiger charge is -2.27. The summed E-state index contributed by atoms with van der Waals surface area (Å²) in [7, 11) is -3.11. The molecule has 1 aromatic carbocycles. The molecule has 0 atom stereocenters. The molecular weight excluding hydrogens is 569 g/mol. The van der Waals surface area contributed by atoms with Crippen molar-refractivity contribution in [3.8, 4) is 17.0 Å². The van der Waals surface area contributed by atoms with Gasteiger partial charge in [-0.2, -0.15) is 27.1 Å². The summed E-state index contributed by atoms with van der Waals surface area (Å²) in [5, 5.41) is 6.58. The van der Waals surface area contributed by atoms with Gasteiger partial charge < -0.3 is 10.1 Å². The molecule has 0 saturated heterocycles. The summed E-state index contributed by atoms with van der Waals surface area (Å²) >= 11 is 6.53. The number of alkyl halides is 5. The van der Waals surface area contributed by atoms with Gasteiger partial charge in [-0.05, 0) is 69.1 Å². The van der Waals surface area contributed by atoms with Crippen LogP contribution in [0.25, 0.3) is 11.3 Å². The van der Waals surface area contributed by atoms with E-state index in [1.807, 2.05) is 0 Å². The number of carbonyl (C=O) groups excluding carboxylic acids is 1. The van der Waals surface area contributed by atoms with Gasteiger partial charge in [0, 0.05) is 31.3 Å². The molecule has 1 saturated carbocycles. The lowest BCUT2D eigenvalue weighted by Crippen LogP contribution is -2.34. The van der Waals surface area contributed by atoms with Crippen LogP contribution in [-0.4, -0.2) is 54.9 Å². The molecule has 1 N–H and O–H groups in total. The second-order valence-corrected chi connectivity index (χ2v) is 12.4. The van der Waals surface area contributed by atoms with Gasteiger partial charge in [0.25, 0.3) is 5.91 Å². The Morgan fingerprint density at radius 3 is 2.46 bits per heavy atom. The highest BCUT2D eigenvalue weighted by Gasteiger charge is 2.30. The maximum Gasteiger partial charge on any atom is 0.389 e. The molecule has 1 amide bonds. The van der Waals surface area contributed by atoms with Crippen molar-refractivity contribution in [2.75, 3.05) is 12.8 Å². The van der Waals surface area contributed by atoms with Crippen molar-refractivity contribution in [1.29, 1.82) is 0 Å². The first-order valence-corrected chi connectivity index (χ1v) is 14.9. The fraction of sp³-hybridized carbons (Fsp3) is 0.600. The molecule has 14 heteroatoms. The second kappa shape index (κ2) is 12.8. The van der Waals surface area contributed by atoms with Gasteiger partial charge in [0.1, 0.15) is 15.6 Å². The Labute approximate surface area is 229 Å². The lowest BCUT2D eigenvalue weighted by molar-refractivity contribution is -0.135. The number of sulfone groups is 1. The maximum absolute atomic E-state index is 13.2. The van der Waals surface area contributed by atoms with Crippen LogP contribution in [0.4, 0.5) is 22.0 Å². The molecular formula is C25H31ClF5N3O4S. The van der Waals surface area contributed by atoms with E-state index in [1.165, 1.54) is 29.1 Å². The summed E-state index contributed by atoms with van der Waals surface area (Å²) in [6, 6.07) is 4.16. The largest absolute Gasteiger partial charge is 0.434 e. The lowest BCUT2D eigenvalue weighted by atomic mass is 9.89. The number of carbonyl (C=O) groups is 1. The van der Waals surface area contributed by atoms with Crippen LogP contribution >= 0.6 is 11.6 Å². The Balaban J connectivity index is 1.79. The minimum absolute atomic E-state index is 0.0000840. The number of rotatable bonds is 11. The van der Waals surface area contributed by atoms with Crippen LogP contribution < -0.4 is 10.1 Å². The average molecular weight is 600 g/mol. The van der Waals surface area contributed by atoms with Crippen LogP contribution in [-0.2, 0) is 22.8 Å². The molecule has 1 aliphatic carbocycles. The SMILES string of the molecule is CCn1nc(C(=O)NCC2CCC(S(C)(=O)=O)CC2)c(Cl)c1-c1ccc(CCCC(F)(F)F)cc1OC(F)F. The van der Waals surface area contributed by atoms with Gasteiger partial charge in [0.2, 0.25) is 0 Å². The Bertz CT molecular complexity index is 1260. The van der Waals surface area contributed by atoms with E-state index in [2.05, 4.69) is 15.2 Å². The number of benzene rings is 1. The number of aryl methyl sites for hydroxylation is 2. The zero-order valence-corrected chi connectivity index (χ0v) is 23.1. The Hall–Kier alpha value is -2.41. The number of hydrogen-bond acceptors (Lipinski definition) is 5. The fourth-order valence-electron chi connectivity index (χ4n) is 4.76. The zero-order valence-electron chi connectivity index (χ0n) is 21.5. The summed E-state index contributed by atoms with van der Waals surface area (Å²) < 4.78 is 93.5. The highest BCUT2D eigenvalue weighted by Crippen LogP contribution is 2.39. The molecule has 1 aromatic heterocycles. The molecule has 3 rings (SSSR count). The van der Waals surface area contributed by atoms with Crippen molar-refractivity contribution >= 4 is 27.3 Å². The van der Waals surface area contributed by atoms with Crippen LogP contribution in [0.3, 0.4) is 0 Å². The molecule has 2 aromatic rings. The van der Waals surface area contributed by atoms with Gasteiger partial charge in [0.05, 0.1) is 16.0 Å². The molecule has 7 nitrogen and oxygen atoms in total. The zero-order chi connectivity index (χ0) is 29.0. The molecule has 0 bridgehead atoms. The number of nitrogens with zero attached hydrogens (tertiary/aromatic N) is 2. The third kappa shape index (κ3) is 8.54. The molecule has 1 heterocycles. The minimum atomic E-state index is -4.32. The van der Waals surface area contributed by atoms with Crippen molar-refractivity contribution in [3.63, 3.8) is 0 Å². The number of aromatic nitrogens is 2. The number of halogens is 6. The predicted molar refractivity (Wildman–Crippen MR) is 137 cm³/mol. The molecule has 0 aliphatic heterocycles. The average Bonchev–Trinajstić information content (AvgIpc) is 3.17. The smallest absolute Gasteiger partial charge is 0.389 e. The van der Waals surface area contributed by atoms with E-state index in [0.717, 1.165) is 0 Å². The third-order valence-electron chi connectivity index (χ3n) is 6.80. The molecule has 218 valence electrons. The highest BCUT2D eigenvalue weighted by atomic mass is 35.5.